The highest BCUT2D eigenvalue weighted by Gasteiger charge is 2.45. The van der Waals surface area contributed by atoms with Crippen molar-refractivity contribution >= 4 is 11.9 Å². The second-order valence-corrected chi connectivity index (χ2v) is 4.39. The average molecular weight is 228 g/mol. The lowest BCUT2D eigenvalue weighted by Crippen LogP contribution is -2.68. The lowest BCUT2D eigenvalue weighted by molar-refractivity contribution is -0.157. The summed E-state index contributed by atoms with van der Waals surface area (Å²) in [6.45, 7) is 1.26. The largest absolute Gasteiger partial charge is 0.480 e. The molecule has 3 unspecified atom stereocenters. The van der Waals surface area contributed by atoms with Crippen molar-refractivity contribution in [1.29, 1.82) is 0 Å². The van der Waals surface area contributed by atoms with Crippen LogP contribution >= 0.6 is 0 Å². The SMILES string of the molecule is O=C(O)C1NCC2CCCCN2C1C(=O)O. The van der Waals surface area contributed by atoms with Gasteiger partial charge in [-0.05, 0) is 19.4 Å². The molecule has 2 rings (SSSR count). The van der Waals surface area contributed by atoms with Crippen molar-refractivity contribution in [2.24, 2.45) is 0 Å². The first kappa shape index (κ1) is 11.3. The van der Waals surface area contributed by atoms with Crippen LogP contribution < -0.4 is 5.32 Å². The Balaban J connectivity index is 2.20. The van der Waals surface area contributed by atoms with Crippen LogP contribution in [0, 0.1) is 0 Å². The minimum atomic E-state index is -1.09. The second-order valence-electron chi connectivity index (χ2n) is 4.39. The van der Waals surface area contributed by atoms with E-state index in [1.807, 2.05) is 4.90 Å². The van der Waals surface area contributed by atoms with Crippen molar-refractivity contribution < 1.29 is 19.8 Å². The number of carboxylic acids is 2. The van der Waals surface area contributed by atoms with Crippen molar-refractivity contribution in [2.45, 2.75) is 37.4 Å². The molecule has 3 N–H and O–H groups in total. The molecule has 2 saturated heterocycles. The van der Waals surface area contributed by atoms with E-state index in [-0.39, 0.29) is 6.04 Å². The van der Waals surface area contributed by atoms with Crippen molar-refractivity contribution in [3.63, 3.8) is 0 Å². The number of piperidine rings is 1. The van der Waals surface area contributed by atoms with Gasteiger partial charge < -0.3 is 15.5 Å². The van der Waals surface area contributed by atoms with Crippen LogP contribution in [0.15, 0.2) is 0 Å². The van der Waals surface area contributed by atoms with Crippen molar-refractivity contribution in [3.8, 4) is 0 Å². The summed E-state index contributed by atoms with van der Waals surface area (Å²) in [5, 5.41) is 21.0. The summed E-state index contributed by atoms with van der Waals surface area (Å²) in [6, 6.07) is -1.76. The molecule has 16 heavy (non-hydrogen) atoms. The number of piperazine rings is 1. The Morgan fingerprint density at radius 3 is 2.56 bits per heavy atom. The molecular formula is C10H16N2O4. The number of hydrogen-bond acceptors (Lipinski definition) is 4. The third-order valence-corrected chi connectivity index (χ3v) is 3.44. The highest BCUT2D eigenvalue weighted by Crippen LogP contribution is 2.24. The fourth-order valence-electron chi connectivity index (χ4n) is 2.68. The van der Waals surface area contributed by atoms with Gasteiger partial charge in [-0.2, -0.15) is 0 Å². The van der Waals surface area contributed by atoms with Gasteiger partial charge in [0.25, 0.3) is 0 Å². The van der Waals surface area contributed by atoms with Gasteiger partial charge in [0.1, 0.15) is 12.1 Å². The summed E-state index contributed by atoms with van der Waals surface area (Å²) in [5.74, 6) is -2.14. The van der Waals surface area contributed by atoms with Crippen LogP contribution in [-0.2, 0) is 9.59 Å². The van der Waals surface area contributed by atoms with Crippen LogP contribution in [0.3, 0.4) is 0 Å². The first-order chi connectivity index (χ1) is 7.61. The normalized spacial score (nSPS) is 35.4. The predicted octanol–water partition coefficient (Wildman–Crippen LogP) is -0.649. The molecule has 2 aliphatic heterocycles. The van der Waals surface area contributed by atoms with Gasteiger partial charge >= 0.3 is 11.9 Å². The van der Waals surface area contributed by atoms with Crippen LogP contribution in [-0.4, -0.2) is 58.3 Å². The number of rotatable bonds is 2. The third kappa shape index (κ3) is 1.90. The zero-order valence-electron chi connectivity index (χ0n) is 8.93. The highest BCUT2D eigenvalue weighted by atomic mass is 16.4. The summed E-state index contributed by atoms with van der Waals surface area (Å²) < 4.78 is 0. The molecule has 2 aliphatic rings. The monoisotopic (exact) mass is 228 g/mol. The maximum Gasteiger partial charge on any atom is 0.323 e. The van der Waals surface area contributed by atoms with Gasteiger partial charge in [0.15, 0.2) is 0 Å². The van der Waals surface area contributed by atoms with Crippen molar-refractivity contribution in [2.75, 3.05) is 13.1 Å². The first-order valence-electron chi connectivity index (χ1n) is 5.56. The van der Waals surface area contributed by atoms with Crippen LogP contribution in [0.1, 0.15) is 19.3 Å². The molecule has 0 amide bonds. The fourth-order valence-corrected chi connectivity index (χ4v) is 2.68. The van der Waals surface area contributed by atoms with Crippen LogP contribution in [0.5, 0.6) is 0 Å². The summed E-state index contributed by atoms with van der Waals surface area (Å²) in [7, 11) is 0. The van der Waals surface area contributed by atoms with Gasteiger partial charge in [0.05, 0.1) is 0 Å². The van der Waals surface area contributed by atoms with Crippen molar-refractivity contribution in [1.82, 2.24) is 10.2 Å². The minimum Gasteiger partial charge on any atom is -0.480 e. The topological polar surface area (TPSA) is 89.9 Å². The van der Waals surface area contributed by atoms with Crippen molar-refractivity contribution in [3.05, 3.63) is 0 Å². The summed E-state index contributed by atoms with van der Waals surface area (Å²) in [5.41, 5.74) is 0. The van der Waals surface area contributed by atoms with Crippen LogP contribution in [0.4, 0.5) is 0 Å². The fraction of sp³-hybridized carbons (Fsp3) is 0.800. The van der Waals surface area contributed by atoms with E-state index in [1.165, 1.54) is 0 Å². The van der Waals surface area contributed by atoms with Gasteiger partial charge in [-0.3, -0.25) is 14.5 Å². The van der Waals surface area contributed by atoms with E-state index in [9.17, 15) is 9.59 Å². The van der Waals surface area contributed by atoms with Gasteiger partial charge in [0, 0.05) is 12.6 Å². The molecule has 0 aromatic rings. The molecule has 3 atom stereocenters. The maximum atomic E-state index is 11.2. The highest BCUT2D eigenvalue weighted by molar-refractivity contribution is 5.85. The third-order valence-electron chi connectivity index (χ3n) is 3.44. The smallest absolute Gasteiger partial charge is 0.323 e. The number of fused-ring (bicyclic) bond motifs is 1. The Hall–Kier alpha value is -1.14. The molecule has 0 spiro atoms. The zero-order valence-corrected chi connectivity index (χ0v) is 8.93. The zero-order chi connectivity index (χ0) is 11.7. The molecular weight excluding hydrogens is 212 g/mol. The van der Waals surface area contributed by atoms with E-state index >= 15 is 0 Å². The molecule has 0 aliphatic carbocycles. The lowest BCUT2D eigenvalue weighted by atomic mass is 9.92. The van der Waals surface area contributed by atoms with E-state index in [4.69, 9.17) is 10.2 Å². The number of aliphatic carboxylic acids is 2. The van der Waals surface area contributed by atoms with Gasteiger partial charge in [-0.15, -0.1) is 0 Å². The molecule has 2 fully saturated rings. The van der Waals surface area contributed by atoms with Gasteiger partial charge in [-0.1, -0.05) is 6.42 Å². The van der Waals surface area contributed by atoms with Gasteiger partial charge in [-0.25, -0.2) is 0 Å². The molecule has 90 valence electrons. The molecule has 2 heterocycles. The summed E-state index contributed by atoms with van der Waals surface area (Å²) in [6.07, 6.45) is 2.99. The summed E-state index contributed by atoms with van der Waals surface area (Å²) in [4.78, 5) is 24.0. The summed E-state index contributed by atoms with van der Waals surface area (Å²) >= 11 is 0. The van der Waals surface area contributed by atoms with E-state index in [0.29, 0.717) is 13.1 Å². The second kappa shape index (κ2) is 4.39. The molecule has 6 nitrogen and oxygen atoms in total. The van der Waals surface area contributed by atoms with Crippen LogP contribution in [0.25, 0.3) is 0 Å². The number of carbonyl (C=O) groups is 2. The first-order valence-corrected chi connectivity index (χ1v) is 5.56. The molecule has 0 aromatic heterocycles. The molecule has 0 radical (unpaired) electrons. The Morgan fingerprint density at radius 1 is 1.19 bits per heavy atom. The number of nitrogens with zero attached hydrogens (tertiary/aromatic N) is 1. The Kier molecular flexibility index (Phi) is 3.11. The lowest BCUT2D eigenvalue weighted by Gasteiger charge is -2.45. The van der Waals surface area contributed by atoms with E-state index in [0.717, 1.165) is 19.3 Å². The average Bonchev–Trinajstić information content (AvgIpc) is 2.27. The maximum absolute atomic E-state index is 11.2. The van der Waals surface area contributed by atoms with E-state index < -0.39 is 24.0 Å². The molecule has 0 bridgehead atoms. The number of carboxylic acid groups (broad SMARTS) is 2. The van der Waals surface area contributed by atoms with E-state index in [2.05, 4.69) is 5.32 Å². The number of hydrogen-bond donors (Lipinski definition) is 3. The van der Waals surface area contributed by atoms with E-state index in [1.54, 1.807) is 0 Å². The number of nitrogens with one attached hydrogen (secondary N) is 1. The molecule has 0 aromatic carbocycles. The Bertz CT molecular complexity index is 307. The van der Waals surface area contributed by atoms with Gasteiger partial charge in [0.2, 0.25) is 0 Å². The molecule has 6 heteroatoms. The Morgan fingerprint density at radius 2 is 1.94 bits per heavy atom. The standard InChI is InChI=1S/C10H16N2O4/c13-9(14)7-8(10(15)16)12-4-2-1-3-6(12)5-11-7/h6-8,11H,1-5H2,(H,13,14)(H,15,16). The van der Waals surface area contributed by atoms with Crippen LogP contribution in [0.2, 0.25) is 0 Å². The Labute approximate surface area is 93.2 Å². The quantitative estimate of drug-likeness (QED) is 0.582. The minimum absolute atomic E-state index is 0.172. The molecule has 0 saturated carbocycles. The predicted molar refractivity (Wildman–Crippen MR) is 55.2 cm³/mol.